The number of carboxylic acids is 1. The van der Waals surface area contributed by atoms with Crippen molar-refractivity contribution in [3.05, 3.63) is 101 Å². The van der Waals surface area contributed by atoms with Gasteiger partial charge in [-0.05, 0) is 79.1 Å². The number of hydrogen-bond acceptors (Lipinski definition) is 8. The normalized spacial score (nSPS) is 31.0. The lowest BCUT2D eigenvalue weighted by molar-refractivity contribution is -0.349. The molecule has 2 heterocycles. The van der Waals surface area contributed by atoms with Crippen LogP contribution in [0.25, 0.3) is 0 Å². The summed E-state index contributed by atoms with van der Waals surface area (Å²) in [6.45, 7) is 3.84. The molecule has 7 atom stereocenters. The average Bonchev–Trinajstić information content (AvgIpc) is 3.55. The van der Waals surface area contributed by atoms with E-state index in [1.54, 1.807) is 12.1 Å². The minimum absolute atomic E-state index is 0.00938. The molecule has 6 rings (SSSR count). The Bertz CT molecular complexity index is 1410. The van der Waals surface area contributed by atoms with Crippen LogP contribution in [0.2, 0.25) is 0 Å². The van der Waals surface area contributed by atoms with Crippen LogP contribution in [0, 0.1) is 0 Å². The number of aliphatic hydroxyl groups excluding tert-OH is 3. The van der Waals surface area contributed by atoms with Gasteiger partial charge in [-0.25, -0.2) is 4.79 Å². The van der Waals surface area contributed by atoms with Crippen molar-refractivity contribution in [3.63, 3.8) is 0 Å². The lowest BCUT2D eigenvalue weighted by atomic mass is 9.68. The Morgan fingerprint density at radius 2 is 1.65 bits per heavy atom. The van der Waals surface area contributed by atoms with Gasteiger partial charge in [0, 0.05) is 18.0 Å². The molecule has 0 saturated carbocycles. The van der Waals surface area contributed by atoms with Gasteiger partial charge in [0.15, 0.2) is 6.10 Å². The molecular weight excluding hydrogens is 550 g/mol. The second-order valence-corrected chi connectivity index (χ2v) is 11.9. The first-order valence-electron chi connectivity index (χ1n) is 15.1. The van der Waals surface area contributed by atoms with Gasteiger partial charge < -0.3 is 35.0 Å². The summed E-state index contributed by atoms with van der Waals surface area (Å²) in [6, 6.07) is 23.8. The van der Waals surface area contributed by atoms with E-state index in [1.165, 1.54) is 18.4 Å². The summed E-state index contributed by atoms with van der Waals surface area (Å²) in [6.07, 6.45) is -3.67. The third-order valence-corrected chi connectivity index (χ3v) is 9.30. The van der Waals surface area contributed by atoms with E-state index in [4.69, 9.17) is 9.47 Å². The zero-order valence-corrected chi connectivity index (χ0v) is 24.0. The first kappa shape index (κ1) is 29.7. The van der Waals surface area contributed by atoms with Crippen molar-refractivity contribution in [3.8, 4) is 5.75 Å². The highest BCUT2D eigenvalue weighted by Crippen LogP contribution is 2.48. The predicted octanol–water partition coefficient (Wildman–Crippen LogP) is 2.73. The number of hydrogen-bond donors (Lipinski definition) is 5. The summed E-state index contributed by atoms with van der Waals surface area (Å²) in [5.41, 5.74) is 4.44. The van der Waals surface area contributed by atoms with Crippen molar-refractivity contribution in [2.75, 3.05) is 26.2 Å². The molecule has 3 aliphatic rings. The molecule has 9 heteroatoms. The van der Waals surface area contributed by atoms with Crippen LogP contribution in [0.3, 0.4) is 0 Å². The lowest BCUT2D eigenvalue weighted by Gasteiger charge is -2.45. The fraction of sp³-hybridized carbons (Fsp3) is 0.441. The van der Waals surface area contributed by atoms with Gasteiger partial charge in [-0.3, -0.25) is 4.90 Å². The fourth-order valence-corrected chi connectivity index (χ4v) is 6.95. The van der Waals surface area contributed by atoms with Crippen LogP contribution in [-0.4, -0.2) is 87.1 Å². The van der Waals surface area contributed by atoms with E-state index < -0.39 is 36.2 Å². The highest BCUT2D eigenvalue weighted by Gasteiger charge is 2.56. The molecule has 5 N–H and O–H groups in total. The third kappa shape index (κ3) is 5.81. The maximum Gasteiger partial charge on any atom is 0.335 e. The van der Waals surface area contributed by atoms with E-state index >= 15 is 0 Å². The minimum atomic E-state index is -2.52. The van der Waals surface area contributed by atoms with E-state index in [0.717, 1.165) is 48.5 Å². The van der Waals surface area contributed by atoms with Gasteiger partial charge >= 0.3 is 5.97 Å². The number of fused-ring (bicyclic) bond motifs is 1. The van der Waals surface area contributed by atoms with Crippen LogP contribution in [0.15, 0.2) is 72.8 Å². The van der Waals surface area contributed by atoms with E-state index in [9.17, 15) is 30.3 Å². The molecule has 0 amide bonds. The van der Waals surface area contributed by atoms with E-state index in [1.807, 2.05) is 36.4 Å². The molecule has 1 aliphatic carbocycles. The van der Waals surface area contributed by atoms with Crippen molar-refractivity contribution in [2.45, 2.75) is 67.7 Å². The smallest absolute Gasteiger partial charge is 0.335 e. The molecule has 228 valence electrons. The first-order valence-corrected chi connectivity index (χ1v) is 15.1. The zero-order chi connectivity index (χ0) is 30.1. The number of aryl methyl sites for hydroxylation is 1. The molecule has 2 fully saturated rings. The Hall–Kier alpha value is -3.31. The topological polar surface area (TPSA) is 140 Å². The van der Waals surface area contributed by atoms with Crippen molar-refractivity contribution >= 4 is 5.97 Å². The number of carbonyl (C=O) groups is 1. The summed E-state index contributed by atoms with van der Waals surface area (Å²) >= 11 is 0. The Labute approximate surface area is 250 Å². The highest BCUT2D eigenvalue weighted by molar-refractivity contribution is 5.73. The summed E-state index contributed by atoms with van der Waals surface area (Å²) in [5.74, 6) is -3.07. The van der Waals surface area contributed by atoms with Gasteiger partial charge in [-0.1, -0.05) is 60.7 Å². The van der Waals surface area contributed by atoms with E-state index in [2.05, 4.69) is 29.2 Å². The predicted molar refractivity (Wildman–Crippen MR) is 158 cm³/mol. The number of aliphatic hydroxyl groups is 4. The molecule has 0 spiro atoms. The largest absolute Gasteiger partial charge is 0.492 e. The summed E-state index contributed by atoms with van der Waals surface area (Å²) < 4.78 is 11.4. The lowest BCUT2D eigenvalue weighted by Crippen LogP contribution is -2.64. The third-order valence-electron chi connectivity index (χ3n) is 9.30. The standard InChI is InChI=1S/C34H39NO8/c36-29-30(37)32(38)34(41,43-31(29)33(39)40)24-11-15-27-23(20-24)10-14-26(21-6-2-1-3-7-21)28(27)22-8-12-25(13-9-22)42-19-18-35-16-4-5-17-35/h1-3,6-9,11-13,15,20,26,28-32,36-38,41H,4-5,10,14,16-19H2,(H,39,40)/t26-,28?,29+,30+,31-,32-,34-/m1/s1. The average molecular weight is 590 g/mol. The molecule has 2 aliphatic heterocycles. The maximum absolute atomic E-state index is 11.7. The molecule has 3 aromatic rings. The second-order valence-electron chi connectivity index (χ2n) is 11.9. The molecule has 0 aromatic heterocycles. The Morgan fingerprint density at radius 1 is 0.930 bits per heavy atom. The number of benzene rings is 3. The molecule has 0 bridgehead atoms. The van der Waals surface area contributed by atoms with Gasteiger partial charge in [-0.2, -0.15) is 0 Å². The number of carboxylic acid groups (broad SMARTS) is 1. The number of aliphatic carboxylic acids is 1. The number of rotatable bonds is 8. The molecule has 1 unspecified atom stereocenters. The number of nitrogens with zero attached hydrogens (tertiary/aromatic N) is 1. The van der Waals surface area contributed by atoms with E-state index in [0.29, 0.717) is 13.0 Å². The zero-order valence-electron chi connectivity index (χ0n) is 24.0. The van der Waals surface area contributed by atoms with Crippen LogP contribution in [0.5, 0.6) is 5.75 Å². The van der Waals surface area contributed by atoms with Crippen LogP contribution in [0.4, 0.5) is 0 Å². The molecule has 2 saturated heterocycles. The molecule has 43 heavy (non-hydrogen) atoms. The Balaban J connectivity index is 1.30. The minimum Gasteiger partial charge on any atom is -0.492 e. The van der Waals surface area contributed by atoms with Gasteiger partial charge in [0.25, 0.3) is 0 Å². The van der Waals surface area contributed by atoms with Crippen LogP contribution < -0.4 is 4.74 Å². The SMILES string of the molecule is O=C(O)[C@@H]1O[C@](O)(c2ccc3c(c2)CC[C@H](c2ccccc2)C3c2ccc(OCCN3CCCC3)cc2)[C@H](O)[C@@H](O)[C@@H]1O. The molecule has 3 aromatic carbocycles. The van der Waals surface area contributed by atoms with Crippen molar-refractivity contribution in [1.29, 1.82) is 0 Å². The number of likely N-dealkylation sites (tertiary alicyclic amines) is 1. The second kappa shape index (κ2) is 12.4. The summed E-state index contributed by atoms with van der Waals surface area (Å²) in [5, 5.41) is 52.1. The van der Waals surface area contributed by atoms with Crippen molar-refractivity contribution < 1.29 is 39.8 Å². The van der Waals surface area contributed by atoms with Gasteiger partial charge in [0.1, 0.15) is 30.7 Å². The fourth-order valence-electron chi connectivity index (χ4n) is 6.95. The van der Waals surface area contributed by atoms with Crippen LogP contribution in [-0.2, 0) is 21.7 Å². The quantitative estimate of drug-likeness (QED) is 0.268. The monoisotopic (exact) mass is 589 g/mol. The van der Waals surface area contributed by atoms with Crippen molar-refractivity contribution in [2.24, 2.45) is 0 Å². The van der Waals surface area contributed by atoms with E-state index in [-0.39, 0.29) is 17.4 Å². The Kier molecular flexibility index (Phi) is 8.55. The Morgan fingerprint density at radius 3 is 2.35 bits per heavy atom. The van der Waals surface area contributed by atoms with Gasteiger partial charge in [0.2, 0.25) is 5.79 Å². The van der Waals surface area contributed by atoms with Gasteiger partial charge in [-0.15, -0.1) is 0 Å². The molecular formula is C34H39NO8. The summed E-state index contributed by atoms with van der Waals surface area (Å²) in [4.78, 5) is 14.1. The molecule has 0 radical (unpaired) electrons. The molecule has 9 nitrogen and oxygen atoms in total. The summed E-state index contributed by atoms with van der Waals surface area (Å²) in [7, 11) is 0. The number of ether oxygens (including phenoxy) is 2. The first-order chi connectivity index (χ1) is 20.8. The maximum atomic E-state index is 11.7. The van der Waals surface area contributed by atoms with Gasteiger partial charge in [0.05, 0.1) is 0 Å². The van der Waals surface area contributed by atoms with Crippen molar-refractivity contribution in [1.82, 2.24) is 4.90 Å². The highest BCUT2D eigenvalue weighted by atomic mass is 16.7. The van der Waals surface area contributed by atoms with Crippen LogP contribution >= 0.6 is 0 Å². The van der Waals surface area contributed by atoms with Crippen LogP contribution in [0.1, 0.15) is 58.9 Å².